The van der Waals surface area contributed by atoms with E-state index < -0.39 is 0 Å². The summed E-state index contributed by atoms with van der Waals surface area (Å²) in [7, 11) is 0. The van der Waals surface area contributed by atoms with Crippen molar-refractivity contribution >= 4 is 32.4 Å². The molecule has 0 saturated carbocycles. The highest BCUT2D eigenvalue weighted by Crippen LogP contribution is 2.50. The minimum absolute atomic E-state index is 0.00114. The van der Waals surface area contributed by atoms with Crippen LogP contribution in [0.4, 0.5) is 0 Å². The molecule has 48 heavy (non-hydrogen) atoms. The van der Waals surface area contributed by atoms with Crippen LogP contribution in [0.3, 0.4) is 0 Å². The Hall–Kier alpha value is -4.62. The topological polar surface area (TPSA) is 4.93 Å². The second-order valence-electron chi connectivity index (χ2n) is 16.7. The van der Waals surface area contributed by atoms with Crippen molar-refractivity contribution < 1.29 is 0 Å². The van der Waals surface area contributed by atoms with Crippen LogP contribution in [0.25, 0.3) is 60.4 Å². The minimum Gasteiger partial charge on any atom is -0.314 e. The average molecular weight is 626 g/mol. The molecule has 240 valence electrons. The zero-order valence-electron chi connectivity index (χ0n) is 30.3. The predicted molar refractivity (Wildman–Crippen MR) is 208 cm³/mol. The fraction of sp³-hybridized carbons (Fsp3) is 0.277. The number of nitrogens with zero attached hydrogens (tertiary/aromatic N) is 1. The monoisotopic (exact) mass is 625 g/mol. The van der Waals surface area contributed by atoms with E-state index in [0.717, 1.165) is 0 Å². The van der Waals surface area contributed by atoms with Gasteiger partial charge in [0.2, 0.25) is 0 Å². The van der Waals surface area contributed by atoms with Gasteiger partial charge in [0.25, 0.3) is 0 Å². The first-order chi connectivity index (χ1) is 22.7. The van der Waals surface area contributed by atoms with E-state index in [1.807, 2.05) is 0 Å². The van der Waals surface area contributed by atoms with E-state index >= 15 is 0 Å². The normalized spacial score (nSPS) is 14.2. The van der Waals surface area contributed by atoms with Gasteiger partial charge in [-0.05, 0) is 127 Å². The van der Waals surface area contributed by atoms with Crippen molar-refractivity contribution in [3.63, 3.8) is 0 Å². The molecule has 1 aliphatic rings. The average Bonchev–Trinajstić information content (AvgIpc) is 3.42. The lowest BCUT2D eigenvalue weighted by Gasteiger charge is -2.30. The zero-order valence-corrected chi connectivity index (χ0v) is 30.3. The molecule has 1 nitrogen and oxygen atoms in total. The molecule has 0 unspecified atom stereocenters. The molecule has 0 bridgehead atoms. The molecule has 6 aromatic carbocycles. The van der Waals surface area contributed by atoms with Crippen LogP contribution in [-0.4, -0.2) is 4.57 Å². The fourth-order valence-corrected chi connectivity index (χ4v) is 8.88. The Labute approximate surface area is 286 Å². The van der Waals surface area contributed by atoms with E-state index in [2.05, 4.69) is 177 Å². The Balaban J connectivity index is 1.31. The molecule has 0 aliphatic heterocycles. The predicted octanol–water partition coefficient (Wildman–Crippen LogP) is 13.1. The number of benzene rings is 6. The molecule has 0 fully saturated rings. The van der Waals surface area contributed by atoms with Crippen LogP contribution in [0.5, 0.6) is 0 Å². The lowest BCUT2D eigenvalue weighted by Crippen LogP contribution is -2.17. The molecule has 7 aromatic rings. The van der Waals surface area contributed by atoms with Crippen molar-refractivity contribution in [1.29, 1.82) is 0 Å². The van der Waals surface area contributed by atoms with Gasteiger partial charge in [0, 0.05) is 22.2 Å². The van der Waals surface area contributed by atoms with Crippen molar-refractivity contribution in [2.75, 3.05) is 0 Å². The van der Waals surface area contributed by atoms with Gasteiger partial charge in [0.05, 0.1) is 5.52 Å². The number of aryl methyl sites for hydroxylation is 1. The van der Waals surface area contributed by atoms with Crippen molar-refractivity contribution in [2.45, 2.75) is 85.5 Å². The Morgan fingerprint density at radius 2 is 1.04 bits per heavy atom. The van der Waals surface area contributed by atoms with Gasteiger partial charge in [0.1, 0.15) is 0 Å². The maximum absolute atomic E-state index is 2.50. The van der Waals surface area contributed by atoms with E-state index in [9.17, 15) is 0 Å². The summed E-state index contributed by atoms with van der Waals surface area (Å²) in [6.45, 7) is 23.5. The van der Waals surface area contributed by atoms with E-state index in [-0.39, 0.29) is 16.2 Å². The molecular weight excluding hydrogens is 579 g/mol. The summed E-state index contributed by atoms with van der Waals surface area (Å²) >= 11 is 0. The zero-order chi connectivity index (χ0) is 33.9. The highest BCUT2D eigenvalue weighted by Gasteiger charge is 2.35. The lowest BCUT2D eigenvalue weighted by molar-refractivity contribution is 0.593. The molecule has 1 aromatic heterocycles. The first-order valence-corrected chi connectivity index (χ1v) is 17.5. The van der Waals surface area contributed by atoms with Crippen LogP contribution in [0.1, 0.15) is 88.9 Å². The molecule has 1 heterocycles. The standard InChI is InChI=1S/C47H47N/c1-28-29(2)48(32-22-19-30(20-23-32)31-21-24-34-33-15-13-14-18-40(33)47(9,10)41(34)25-31)42-27-39-38(26-37(28)42)43(45(3,4)5)35-16-11-12-17-36(35)44(39)46(6,7)8/h11-27H,1-10H3. The third kappa shape index (κ3) is 4.36. The Kier molecular flexibility index (Phi) is 6.52. The Morgan fingerprint density at radius 1 is 0.500 bits per heavy atom. The minimum atomic E-state index is -0.0170. The number of rotatable bonds is 2. The van der Waals surface area contributed by atoms with E-state index in [4.69, 9.17) is 0 Å². The molecule has 0 atom stereocenters. The Bertz CT molecular complexity index is 2430. The number of fused-ring (bicyclic) bond motifs is 6. The van der Waals surface area contributed by atoms with E-state index in [0.29, 0.717) is 0 Å². The van der Waals surface area contributed by atoms with Crippen molar-refractivity contribution in [3.8, 4) is 27.9 Å². The first-order valence-electron chi connectivity index (χ1n) is 17.5. The maximum Gasteiger partial charge on any atom is 0.0540 e. The van der Waals surface area contributed by atoms with Crippen molar-refractivity contribution in [1.82, 2.24) is 4.57 Å². The van der Waals surface area contributed by atoms with Gasteiger partial charge in [-0.2, -0.15) is 0 Å². The SMILES string of the molecule is Cc1c(C)n(-c2ccc(-c3ccc4c(c3)C(C)(C)c3ccccc3-4)cc2)c2cc3c(C(C)(C)C)c4ccccc4c(C(C)(C)C)c3cc12. The molecule has 0 N–H and O–H groups in total. The smallest absolute Gasteiger partial charge is 0.0540 e. The van der Waals surface area contributed by atoms with Gasteiger partial charge < -0.3 is 4.57 Å². The molecular formula is C47H47N. The van der Waals surface area contributed by atoms with Gasteiger partial charge in [-0.3, -0.25) is 0 Å². The summed E-state index contributed by atoms with van der Waals surface area (Å²) in [6.07, 6.45) is 0. The quantitative estimate of drug-likeness (QED) is 0.168. The highest BCUT2D eigenvalue weighted by atomic mass is 15.0. The third-order valence-electron chi connectivity index (χ3n) is 11.2. The van der Waals surface area contributed by atoms with Crippen molar-refractivity contribution in [2.24, 2.45) is 0 Å². The van der Waals surface area contributed by atoms with Crippen LogP contribution < -0.4 is 0 Å². The van der Waals surface area contributed by atoms with E-state index in [1.165, 1.54) is 93.9 Å². The van der Waals surface area contributed by atoms with Crippen LogP contribution in [0.2, 0.25) is 0 Å². The number of hydrogen-bond acceptors (Lipinski definition) is 0. The second-order valence-corrected chi connectivity index (χ2v) is 16.7. The van der Waals surface area contributed by atoms with Gasteiger partial charge in [0.15, 0.2) is 0 Å². The molecule has 0 amide bonds. The second kappa shape index (κ2) is 10.2. The van der Waals surface area contributed by atoms with Gasteiger partial charge in [-0.1, -0.05) is 128 Å². The Morgan fingerprint density at radius 3 is 1.67 bits per heavy atom. The molecule has 0 spiro atoms. The van der Waals surface area contributed by atoms with E-state index in [1.54, 1.807) is 0 Å². The third-order valence-corrected chi connectivity index (χ3v) is 11.2. The summed E-state index contributed by atoms with van der Waals surface area (Å²) in [4.78, 5) is 0. The number of aromatic nitrogens is 1. The van der Waals surface area contributed by atoms with Crippen LogP contribution in [-0.2, 0) is 16.2 Å². The lowest BCUT2D eigenvalue weighted by atomic mass is 9.74. The van der Waals surface area contributed by atoms with Gasteiger partial charge >= 0.3 is 0 Å². The molecule has 0 radical (unpaired) electrons. The first kappa shape index (κ1) is 30.7. The van der Waals surface area contributed by atoms with Gasteiger partial charge in [-0.15, -0.1) is 0 Å². The molecule has 8 rings (SSSR count). The van der Waals surface area contributed by atoms with Gasteiger partial charge in [-0.25, -0.2) is 0 Å². The summed E-state index contributed by atoms with van der Waals surface area (Å²) in [6, 6.07) is 39.2. The summed E-state index contributed by atoms with van der Waals surface area (Å²) in [5.41, 5.74) is 16.1. The molecule has 1 heteroatoms. The summed E-state index contributed by atoms with van der Waals surface area (Å²) in [5.74, 6) is 0. The maximum atomic E-state index is 2.50. The van der Waals surface area contributed by atoms with Crippen LogP contribution in [0, 0.1) is 13.8 Å². The van der Waals surface area contributed by atoms with Crippen LogP contribution >= 0.6 is 0 Å². The summed E-state index contributed by atoms with van der Waals surface area (Å²) in [5, 5.41) is 6.85. The van der Waals surface area contributed by atoms with Crippen molar-refractivity contribution in [3.05, 3.63) is 137 Å². The fourth-order valence-electron chi connectivity index (χ4n) is 8.88. The highest BCUT2D eigenvalue weighted by molar-refractivity contribution is 6.12. The number of hydrogen-bond donors (Lipinski definition) is 0. The molecule has 1 aliphatic carbocycles. The van der Waals surface area contributed by atoms with Crippen LogP contribution in [0.15, 0.2) is 103 Å². The largest absolute Gasteiger partial charge is 0.314 e. The summed E-state index contributed by atoms with van der Waals surface area (Å²) < 4.78 is 2.48. The molecule has 0 saturated heterocycles.